The first-order valence-electron chi connectivity index (χ1n) is 11.0. The molecule has 0 aliphatic rings. The minimum absolute atomic E-state index is 0.121. The van der Waals surface area contributed by atoms with E-state index in [4.69, 9.17) is 9.47 Å². The fourth-order valence-electron chi connectivity index (χ4n) is 3.59. The van der Waals surface area contributed by atoms with Crippen LogP contribution in [0.5, 0.6) is 0 Å². The van der Waals surface area contributed by atoms with Gasteiger partial charge in [-0.15, -0.1) is 0 Å². The minimum Gasteiger partial charge on any atom is -0.465 e. The van der Waals surface area contributed by atoms with Crippen LogP contribution in [-0.2, 0) is 16.0 Å². The lowest BCUT2D eigenvalue weighted by Crippen LogP contribution is -2.37. The number of carbonyl (C=O) groups excluding carboxylic acids is 2. The van der Waals surface area contributed by atoms with E-state index in [0.29, 0.717) is 11.1 Å². The van der Waals surface area contributed by atoms with Gasteiger partial charge < -0.3 is 9.47 Å². The van der Waals surface area contributed by atoms with Gasteiger partial charge in [0.1, 0.15) is 11.3 Å². The number of amides is 1. The van der Waals surface area contributed by atoms with Gasteiger partial charge >= 0.3 is 12.1 Å². The summed E-state index contributed by atoms with van der Waals surface area (Å²) in [4.78, 5) is 38.0. The van der Waals surface area contributed by atoms with E-state index >= 15 is 0 Å². The molecule has 0 N–H and O–H groups in total. The van der Waals surface area contributed by atoms with Gasteiger partial charge in [-0.3, -0.25) is 15.0 Å². The van der Waals surface area contributed by atoms with Gasteiger partial charge in [-0.25, -0.2) is 9.59 Å². The molecule has 0 heterocycles. The summed E-state index contributed by atoms with van der Waals surface area (Å²) in [5.74, 6) is -0.828. The molecule has 0 aromatic heterocycles. The van der Waals surface area contributed by atoms with Gasteiger partial charge in [0.15, 0.2) is 0 Å². The molecular formula is C27H25N3O6. The van der Waals surface area contributed by atoms with E-state index in [-0.39, 0.29) is 17.8 Å². The molecule has 0 unspecified atom stereocenters. The fraction of sp³-hybridized carbons (Fsp3) is 0.222. The van der Waals surface area contributed by atoms with Crippen LogP contribution in [0.4, 0.5) is 16.2 Å². The van der Waals surface area contributed by atoms with Gasteiger partial charge in [0, 0.05) is 6.07 Å². The van der Waals surface area contributed by atoms with Gasteiger partial charge in [0.25, 0.3) is 5.69 Å². The monoisotopic (exact) mass is 487 g/mol. The Balaban J connectivity index is 2.10. The van der Waals surface area contributed by atoms with Crippen molar-refractivity contribution in [3.05, 3.63) is 93.5 Å². The molecule has 0 saturated carbocycles. The number of methoxy groups -OCH3 is 1. The molecule has 0 radical (unpaired) electrons. The van der Waals surface area contributed by atoms with Crippen molar-refractivity contribution in [1.82, 2.24) is 0 Å². The quantitative estimate of drug-likeness (QED) is 0.242. The average Bonchev–Trinajstić information content (AvgIpc) is 2.85. The second-order valence-corrected chi connectivity index (χ2v) is 8.84. The Morgan fingerprint density at radius 1 is 1.03 bits per heavy atom. The highest BCUT2D eigenvalue weighted by Crippen LogP contribution is 2.35. The van der Waals surface area contributed by atoms with Crippen molar-refractivity contribution >= 4 is 23.4 Å². The molecular weight excluding hydrogens is 462 g/mol. The molecule has 0 aliphatic carbocycles. The zero-order valence-corrected chi connectivity index (χ0v) is 20.3. The summed E-state index contributed by atoms with van der Waals surface area (Å²) >= 11 is 0. The lowest BCUT2D eigenvalue weighted by molar-refractivity contribution is -0.384. The number of rotatable bonds is 6. The number of nitrogens with zero attached hydrogens (tertiary/aromatic N) is 3. The summed E-state index contributed by atoms with van der Waals surface area (Å²) < 4.78 is 10.3. The third-order valence-corrected chi connectivity index (χ3v) is 5.15. The third-order valence-electron chi connectivity index (χ3n) is 5.15. The molecule has 9 heteroatoms. The maximum absolute atomic E-state index is 13.3. The summed E-state index contributed by atoms with van der Waals surface area (Å²) in [6.45, 7) is 4.89. The number of anilines is 1. The molecule has 184 valence electrons. The molecule has 1 amide bonds. The molecule has 0 bridgehead atoms. The van der Waals surface area contributed by atoms with Crippen molar-refractivity contribution in [3.63, 3.8) is 0 Å². The summed E-state index contributed by atoms with van der Waals surface area (Å²) in [5, 5.41) is 21.3. The first kappa shape index (κ1) is 25.9. The van der Waals surface area contributed by atoms with E-state index in [0.717, 1.165) is 23.1 Å². The first-order valence-corrected chi connectivity index (χ1v) is 11.0. The van der Waals surface area contributed by atoms with Crippen LogP contribution in [0.3, 0.4) is 0 Å². The van der Waals surface area contributed by atoms with Gasteiger partial charge in [-0.05, 0) is 49.6 Å². The lowest BCUT2D eigenvalue weighted by Gasteiger charge is -2.28. The van der Waals surface area contributed by atoms with Crippen molar-refractivity contribution in [2.24, 2.45) is 0 Å². The molecule has 0 saturated heterocycles. The predicted octanol–water partition coefficient (Wildman–Crippen LogP) is 5.86. The van der Waals surface area contributed by atoms with Crippen LogP contribution in [-0.4, -0.2) is 29.7 Å². The SMILES string of the molecule is COC(=O)c1cccc([N+](=O)[O-])c1N(Cc1ccc(-c2ccccc2C#N)cc1)C(=O)OC(C)(C)C. The maximum atomic E-state index is 13.3. The van der Waals surface area contributed by atoms with Crippen LogP contribution in [0.25, 0.3) is 11.1 Å². The Bertz CT molecular complexity index is 1340. The van der Waals surface area contributed by atoms with Crippen molar-refractivity contribution in [3.8, 4) is 17.2 Å². The van der Waals surface area contributed by atoms with Crippen molar-refractivity contribution in [2.45, 2.75) is 32.9 Å². The number of benzene rings is 3. The summed E-state index contributed by atoms with van der Waals surface area (Å²) in [6, 6.07) is 20.3. The van der Waals surface area contributed by atoms with Crippen LogP contribution in [0, 0.1) is 21.4 Å². The van der Waals surface area contributed by atoms with Crippen molar-refractivity contribution in [2.75, 3.05) is 12.0 Å². The van der Waals surface area contributed by atoms with Crippen molar-refractivity contribution < 1.29 is 24.0 Å². The molecule has 0 fully saturated rings. The first-order chi connectivity index (χ1) is 17.1. The van der Waals surface area contributed by atoms with E-state index < -0.39 is 28.3 Å². The fourth-order valence-corrected chi connectivity index (χ4v) is 3.59. The second kappa shape index (κ2) is 10.7. The standard InChI is InChI=1S/C27H25N3O6/c1-27(2,3)36-26(32)29(24-22(25(31)35-4)10-7-11-23(24)30(33)34)17-18-12-14-19(15-13-18)21-9-6-5-8-20(21)16-28/h5-15H,17H2,1-4H3. The Morgan fingerprint density at radius 3 is 2.28 bits per heavy atom. The molecule has 0 spiro atoms. The summed E-state index contributed by atoms with van der Waals surface area (Å²) in [7, 11) is 1.15. The molecule has 9 nitrogen and oxygen atoms in total. The van der Waals surface area contributed by atoms with E-state index in [9.17, 15) is 25.0 Å². The summed E-state index contributed by atoms with van der Waals surface area (Å²) in [5.41, 5.74) is 0.983. The molecule has 0 aliphatic heterocycles. The molecule has 3 aromatic carbocycles. The van der Waals surface area contributed by atoms with Gasteiger partial charge in [-0.2, -0.15) is 5.26 Å². The highest BCUT2D eigenvalue weighted by Gasteiger charge is 2.33. The highest BCUT2D eigenvalue weighted by atomic mass is 16.6. The minimum atomic E-state index is -0.894. The van der Waals surface area contributed by atoms with Crippen LogP contribution < -0.4 is 4.90 Å². The Kier molecular flexibility index (Phi) is 7.70. The molecule has 36 heavy (non-hydrogen) atoms. The predicted molar refractivity (Wildman–Crippen MR) is 133 cm³/mol. The topological polar surface area (TPSA) is 123 Å². The number of carbonyl (C=O) groups is 2. The number of ether oxygens (including phenoxy) is 2. The highest BCUT2D eigenvalue weighted by molar-refractivity contribution is 6.03. The number of nitro benzene ring substituents is 1. The Morgan fingerprint density at radius 2 is 1.69 bits per heavy atom. The van der Waals surface area contributed by atoms with Gasteiger partial charge in [-0.1, -0.05) is 48.5 Å². The lowest BCUT2D eigenvalue weighted by atomic mass is 9.99. The number of nitro groups is 1. The smallest absolute Gasteiger partial charge is 0.415 e. The Labute approximate surface area is 208 Å². The molecule has 3 rings (SSSR count). The molecule has 3 aromatic rings. The zero-order chi connectivity index (χ0) is 26.5. The maximum Gasteiger partial charge on any atom is 0.415 e. The van der Waals surface area contributed by atoms with Crippen LogP contribution in [0.15, 0.2) is 66.7 Å². The zero-order valence-electron chi connectivity index (χ0n) is 20.3. The Hall–Kier alpha value is -4.71. The van der Waals surface area contributed by atoms with E-state index in [1.54, 1.807) is 57.2 Å². The second-order valence-electron chi connectivity index (χ2n) is 8.84. The number of para-hydroxylation sites is 1. The van der Waals surface area contributed by atoms with E-state index in [2.05, 4.69) is 6.07 Å². The summed E-state index contributed by atoms with van der Waals surface area (Å²) in [6.07, 6.45) is -0.860. The number of esters is 1. The average molecular weight is 488 g/mol. The van der Waals surface area contributed by atoms with Gasteiger partial charge in [0.2, 0.25) is 0 Å². The van der Waals surface area contributed by atoms with Crippen LogP contribution in [0.2, 0.25) is 0 Å². The van der Waals surface area contributed by atoms with Crippen LogP contribution >= 0.6 is 0 Å². The van der Waals surface area contributed by atoms with Gasteiger partial charge in [0.05, 0.1) is 35.8 Å². The van der Waals surface area contributed by atoms with E-state index in [1.807, 2.05) is 12.1 Å². The number of hydrogen-bond acceptors (Lipinski definition) is 7. The van der Waals surface area contributed by atoms with E-state index in [1.165, 1.54) is 18.2 Å². The normalized spacial score (nSPS) is 10.8. The molecule has 0 atom stereocenters. The van der Waals surface area contributed by atoms with Crippen LogP contribution in [0.1, 0.15) is 42.3 Å². The number of nitriles is 1. The largest absolute Gasteiger partial charge is 0.465 e. The van der Waals surface area contributed by atoms with Crippen molar-refractivity contribution in [1.29, 1.82) is 5.26 Å². The third kappa shape index (κ3) is 5.85. The number of hydrogen-bond donors (Lipinski definition) is 0.